The van der Waals surface area contributed by atoms with Gasteiger partial charge in [-0.05, 0) is 50.7 Å². The summed E-state index contributed by atoms with van der Waals surface area (Å²) in [7, 11) is 0.164. The van der Waals surface area contributed by atoms with Crippen LogP contribution in [0.1, 0.15) is 58.9 Å². The van der Waals surface area contributed by atoms with Gasteiger partial charge in [0.1, 0.15) is 17.4 Å². The predicted octanol–water partition coefficient (Wildman–Crippen LogP) is 3.28. The van der Waals surface area contributed by atoms with E-state index in [1.54, 1.807) is 12.1 Å². The summed E-state index contributed by atoms with van der Waals surface area (Å²) in [4.78, 5) is 33.5. The quantitative estimate of drug-likeness (QED) is 0.174. The van der Waals surface area contributed by atoms with Crippen molar-refractivity contribution in [1.29, 1.82) is 0 Å². The summed E-state index contributed by atoms with van der Waals surface area (Å²) in [6.45, 7) is 5.30. The Kier molecular flexibility index (Phi) is 11.2. The predicted molar refractivity (Wildman–Crippen MR) is 158 cm³/mol. The van der Waals surface area contributed by atoms with Crippen molar-refractivity contribution in [1.82, 2.24) is 19.6 Å². The second-order valence-corrected chi connectivity index (χ2v) is 11.6. The van der Waals surface area contributed by atoms with Crippen LogP contribution in [0.25, 0.3) is 0 Å². The van der Waals surface area contributed by atoms with Gasteiger partial charge in [-0.3, -0.25) is 14.5 Å². The Morgan fingerprint density at radius 1 is 1.05 bits per heavy atom. The van der Waals surface area contributed by atoms with E-state index in [9.17, 15) is 18.0 Å². The molecule has 2 aromatic carbocycles. The Balaban J connectivity index is 0.000000317. The van der Waals surface area contributed by atoms with Gasteiger partial charge in [-0.1, -0.05) is 56.2 Å². The maximum absolute atomic E-state index is 11.9. The molecule has 41 heavy (non-hydrogen) atoms. The number of carbonyl (C=O) groups is 2. The Hall–Kier alpha value is -4.03. The molecule has 1 aliphatic rings. The number of sulfonamides is 1. The molecule has 4 rings (SSSR count). The number of hydrogen-bond donors (Lipinski definition) is 3. The second kappa shape index (κ2) is 14.6. The zero-order chi connectivity index (χ0) is 30.0. The highest BCUT2D eigenvalue weighted by molar-refractivity contribution is 7.90. The van der Waals surface area contributed by atoms with Gasteiger partial charge in [-0.25, -0.2) is 18.1 Å². The van der Waals surface area contributed by atoms with Crippen LogP contribution >= 0.6 is 0 Å². The van der Waals surface area contributed by atoms with E-state index in [1.807, 2.05) is 54.9 Å². The molecule has 1 aliphatic heterocycles. The van der Waals surface area contributed by atoms with E-state index in [0.29, 0.717) is 13.2 Å². The Morgan fingerprint density at radius 2 is 1.73 bits per heavy atom. The Morgan fingerprint density at radius 3 is 2.39 bits per heavy atom. The van der Waals surface area contributed by atoms with Gasteiger partial charge in [0.15, 0.2) is 0 Å². The first-order valence-corrected chi connectivity index (χ1v) is 14.9. The zero-order valence-electron chi connectivity index (χ0n) is 23.9. The van der Waals surface area contributed by atoms with E-state index in [0.717, 1.165) is 41.2 Å². The highest BCUT2D eigenvalue weighted by atomic mass is 32.2. The molecular weight excluding hydrogens is 544 g/mol. The lowest BCUT2D eigenvalue weighted by molar-refractivity contribution is -0.146. The van der Waals surface area contributed by atoms with E-state index in [-0.39, 0.29) is 28.8 Å². The number of amides is 1. The van der Waals surface area contributed by atoms with Crippen molar-refractivity contribution >= 4 is 33.7 Å². The van der Waals surface area contributed by atoms with E-state index < -0.39 is 15.9 Å². The minimum Gasteiger partial charge on any atom is -0.449 e. The van der Waals surface area contributed by atoms with Crippen LogP contribution in [0.15, 0.2) is 53.4 Å². The fourth-order valence-electron chi connectivity index (χ4n) is 4.08. The maximum atomic E-state index is 11.9. The summed E-state index contributed by atoms with van der Waals surface area (Å²) in [5.41, 5.74) is 10.1. The van der Waals surface area contributed by atoms with E-state index in [2.05, 4.69) is 22.2 Å². The molecule has 12 heteroatoms. The number of benzene rings is 2. The lowest BCUT2D eigenvalue weighted by Gasteiger charge is -2.14. The first-order chi connectivity index (χ1) is 19.5. The standard InChI is InChI=1S/C22H33N5O2.C7H5NO3S/c1-5-6-7-12-24-21-19(16(2)25-22(23)26-21)13-17-8-10-18(11-9-17)14-20(28)29-15-27(3)4;9-7-5-3-1-2-4-6(5)12(10,11)8-7/h8-11H,5-7,12-15H2,1-4H3,(H3,23,24,25,26);1-4H,(H,8,9). The molecule has 3 aromatic rings. The Bertz CT molecular complexity index is 1460. The van der Waals surface area contributed by atoms with Crippen molar-refractivity contribution in [2.75, 3.05) is 38.4 Å². The van der Waals surface area contributed by atoms with Gasteiger partial charge >= 0.3 is 5.97 Å². The van der Waals surface area contributed by atoms with E-state index in [4.69, 9.17) is 10.5 Å². The number of nitrogen functional groups attached to an aromatic ring is 1. The average Bonchev–Trinajstić information content (AvgIpc) is 3.16. The molecule has 0 spiro atoms. The number of aromatic nitrogens is 2. The van der Waals surface area contributed by atoms with Gasteiger partial charge in [0.05, 0.1) is 12.0 Å². The number of ether oxygens (including phenoxy) is 1. The molecule has 1 aromatic heterocycles. The van der Waals surface area contributed by atoms with Crippen molar-refractivity contribution in [3.8, 4) is 0 Å². The summed E-state index contributed by atoms with van der Waals surface area (Å²) < 4.78 is 29.3. The number of fused-ring (bicyclic) bond motifs is 1. The van der Waals surface area contributed by atoms with Gasteiger partial charge in [0, 0.05) is 24.2 Å². The number of carbonyl (C=O) groups excluding carboxylic acids is 2. The maximum Gasteiger partial charge on any atom is 0.311 e. The molecule has 4 N–H and O–H groups in total. The SMILES string of the molecule is CCCCCNc1nc(N)nc(C)c1Cc1ccc(CC(=O)OCN(C)C)cc1.O=C1NS(=O)(=O)c2ccccc21. The van der Waals surface area contributed by atoms with Crippen LogP contribution in [-0.2, 0) is 32.4 Å². The third kappa shape index (κ3) is 9.25. The number of rotatable bonds is 11. The monoisotopic (exact) mass is 582 g/mol. The number of esters is 1. The van der Waals surface area contributed by atoms with Crippen LogP contribution in [0.3, 0.4) is 0 Å². The van der Waals surface area contributed by atoms with Crippen LogP contribution in [0.2, 0.25) is 0 Å². The van der Waals surface area contributed by atoms with Crippen LogP contribution in [0.4, 0.5) is 11.8 Å². The lowest BCUT2D eigenvalue weighted by atomic mass is 10.0. The van der Waals surface area contributed by atoms with Gasteiger partial charge in [0.2, 0.25) is 5.95 Å². The fourth-order valence-corrected chi connectivity index (χ4v) is 5.25. The van der Waals surface area contributed by atoms with Gasteiger partial charge in [0.25, 0.3) is 15.9 Å². The normalized spacial score (nSPS) is 13.1. The highest BCUT2D eigenvalue weighted by Gasteiger charge is 2.31. The number of nitrogens with one attached hydrogen (secondary N) is 2. The first kappa shape index (κ1) is 31.5. The molecule has 0 bridgehead atoms. The number of unbranched alkanes of at least 4 members (excludes halogenated alkanes) is 2. The molecule has 220 valence electrons. The number of anilines is 2. The molecule has 1 amide bonds. The molecule has 0 saturated heterocycles. The molecule has 0 saturated carbocycles. The molecule has 0 radical (unpaired) electrons. The smallest absolute Gasteiger partial charge is 0.311 e. The minimum absolute atomic E-state index is 0.0648. The molecule has 2 heterocycles. The van der Waals surface area contributed by atoms with Crippen molar-refractivity contribution in [3.05, 3.63) is 76.5 Å². The molecule has 0 unspecified atom stereocenters. The molecule has 0 aliphatic carbocycles. The van der Waals surface area contributed by atoms with Crippen LogP contribution in [-0.4, -0.2) is 62.5 Å². The third-order valence-electron chi connectivity index (χ3n) is 6.19. The number of nitrogens with zero attached hydrogens (tertiary/aromatic N) is 3. The van der Waals surface area contributed by atoms with Gasteiger partial charge in [-0.15, -0.1) is 0 Å². The largest absolute Gasteiger partial charge is 0.449 e. The highest BCUT2D eigenvalue weighted by Crippen LogP contribution is 2.22. The summed E-state index contributed by atoms with van der Waals surface area (Å²) in [6, 6.07) is 14.1. The van der Waals surface area contributed by atoms with Crippen molar-refractivity contribution < 1.29 is 22.7 Å². The number of aryl methyl sites for hydroxylation is 1. The first-order valence-electron chi connectivity index (χ1n) is 13.4. The summed E-state index contributed by atoms with van der Waals surface area (Å²) >= 11 is 0. The van der Waals surface area contributed by atoms with Crippen LogP contribution in [0.5, 0.6) is 0 Å². The third-order valence-corrected chi connectivity index (χ3v) is 7.58. The molecule has 11 nitrogen and oxygen atoms in total. The number of nitrogens with two attached hydrogens (primary N) is 1. The average molecular weight is 583 g/mol. The molecular formula is C29H38N6O5S. The fraction of sp³-hybridized carbons (Fsp3) is 0.379. The van der Waals surface area contributed by atoms with Crippen molar-refractivity contribution in [2.45, 2.75) is 50.8 Å². The van der Waals surface area contributed by atoms with E-state index in [1.165, 1.54) is 25.0 Å². The van der Waals surface area contributed by atoms with Crippen molar-refractivity contribution in [3.63, 3.8) is 0 Å². The van der Waals surface area contributed by atoms with Crippen molar-refractivity contribution in [2.24, 2.45) is 0 Å². The Labute approximate surface area is 241 Å². The zero-order valence-corrected chi connectivity index (χ0v) is 24.8. The van der Waals surface area contributed by atoms with Crippen LogP contribution in [0, 0.1) is 6.92 Å². The molecule has 0 atom stereocenters. The summed E-state index contributed by atoms with van der Waals surface area (Å²) in [5.74, 6) is 0.316. The topological polar surface area (TPSA) is 157 Å². The summed E-state index contributed by atoms with van der Waals surface area (Å²) in [5, 5.41) is 3.41. The summed E-state index contributed by atoms with van der Waals surface area (Å²) in [6.07, 6.45) is 4.42. The number of hydrogen-bond acceptors (Lipinski definition) is 10. The molecule has 0 fully saturated rings. The second-order valence-electron chi connectivity index (χ2n) is 9.95. The minimum atomic E-state index is -3.55. The lowest BCUT2D eigenvalue weighted by Crippen LogP contribution is -2.20. The van der Waals surface area contributed by atoms with Crippen LogP contribution < -0.4 is 15.8 Å². The van der Waals surface area contributed by atoms with Gasteiger partial charge < -0.3 is 15.8 Å². The van der Waals surface area contributed by atoms with Gasteiger partial charge in [-0.2, -0.15) is 4.98 Å². The van der Waals surface area contributed by atoms with E-state index >= 15 is 0 Å².